The average molecular weight is 222 g/mol. The largest absolute Gasteiger partial charge is 0.396 e. The molecule has 16 heavy (non-hydrogen) atoms. The van der Waals surface area contributed by atoms with Gasteiger partial charge >= 0.3 is 0 Å². The lowest BCUT2D eigenvalue weighted by Crippen LogP contribution is -2.34. The van der Waals surface area contributed by atoms with Crippen LogP contribution in [0.2, 0.25) is 0 Å². The van der Waals surface area contributed by atoms with E-state index in [4.69, 9.17) is 5.11 Å². The quantitative estimate of drug-likeness (QED) is 0.763. The van der Waals surface area contributed by atoms with Crippen LogP contribution in [0.25, 0.3) is 0 Å². The van der Waals surface area contributed by atoms with Crippen molar-refractivity contribution in [2.75, 3.05) is 19.7 Å². The van der Waals surface area contributed by atoms with E-state index in [9.17, 15) is 0 Å². The fourth-order valence-corrected chi connectivity index (χ4v) is 1.71. The molecule has 1 aromatic heterocycles. The summed E-state index contributed by atoms with van der Waals surface area (Å²) in [6, 6.07) is 6.55. The van der Waals surface area contributed by atoms with Crippen LogP contribution in [0.4, 0.5) is 0 Å². The van der Waals surface area contributed by atoms with Gasteiger partial charge in [-0.1, -0.05) is 6.07 Å². The Labute approximate surface area is 98.1 Å². The highest BCUT2D eigenvalue weighted by Gasteiger charge is 2.08. The Morgan fingerprint density at radius 1 is 1.31 bits per heavy atom. The molecule has 1 rings (SSSR count). The first-order valence-corrected chi connectivity index (χ1v) is 5.99. The third-order valence-electron chi connectivity index (χ3n) is 2.72. The summed E-state index contributed by atoms with van der Waals surface area (Å²) in [6.07, 6.45) is 3.66. The monoisotopic (exact) mass is 222 g/mol. The number of pyridine rings is 1. The summed E-state index contributed by atoms with van der Waals surface area (Å²) < 4.78 is 0. The van der Waals surface area contributed by atoms with Gasteiger partial charge in [-0.3, -0.25) is 4.98 Å². The zero-order valence-electron chi connectivity index (χ0n) is 10.3. The third-order valence-corrected chi connectivity index (χ3v) is 2.72. The van der Waals surface area contributed by atoms with E-state index in [1.165, 1.54) is 0 Å². The lowest BCUT2D eigenvalue weighted by atomic mass is 10.2. The van der Waals surface area contributed by atoms with Gasteiger partial charge in [0.05, 0.1) is 0 Å². The lowest BCUT2D eigenvalue weighted by molar-refractivity contribution is 0.193. The number of aliphatic hydroxyl groups excluding tert-OH is 1. The second-order valence-electron chi connectivity index (χ2n) is 4.28. The molecule has 0 spiro atoms. The van der Waals surface area contributed by atoms with Crippen molar-refractivity contribution in [3.05, 3.63) is 30.1 Å². The SMILES string of the molecule is CC(C)N(CCCO)CCc1ccccn1. The van der Waals surface area contributed by atoms with Crippen molar-refractivity contribution < 1.29 is 5.11 Å². The first-order valence-electron chi connectivity index (χ1n) is 5.99. The van der Waals surface area contributed by atoms with Gasteiger partial charge in [-0.05, 0) is 32.4 Å². The fourth-order valence-electron chi connectivity index (χ4n) is 1.71. The van der Waals surface area contributed by atoms with E-state index in [2.05, 4.69) is 29.8 Å². The molecular formula is C13H22N2O. The van der Waals surface area contributed by atoms with Gasteiger partial charge in [0.1, 0.15) is 0 Å². The molecule has 0 saturated heterocycles. The molecule has 1 heterocycles. The van der Waals surface area contributed by atoms with E-state index >= 15 is 0 Å². The van der Waals surface area contributed by atoms with Crippen LogP contribution < -0.4 is 0 Å². The van der Waals surface area contributed by atoms with Gasteiger partial charge in [-0.2, -0.15) is 0 Å². The molecule has 0 radical (unpaired) electrons. The first-order chi connectivity index (χ1) is 7.74. The molecule has 0 aromatic carbocycles. The van der Waals surface area contributed by atoms with Crippen molar-refractivity contribution in [1.29, 1.82) is 0 Å². The molecule has 0 saturated carbocycles. The molecule has 3 heteroatoms. The summed E-state index contributed by atoms with van der Waals surface area (Å²) in [6.45, 7) is 6.62. The normalized spacial score (nSPS) is 11.3. The van der Waals surface area contributed by atoms with Crippen LogP contribution in [0.15, 0.2) is 24.4 Å². The minimum absolute atomic E-state index is 0.271. The molecule has 0 unspecified atom stereocenters. The van der Waals surface area contributed by atoms with Crippen LogP contribution >= 0.6 is 0 Å². The maximum absolute atomic E-state index is 8.84. The summed E-state index contributed by atoms with van der Waals surface area (Å²) in [5.74, 6) is 0. The number of aromatic nitrogens is 1. The van der Waals surface area contributed by atoms with E-state index in [1.807, 2.05) is 18.3 Å². The average Bonchev–Trinajstić information content (AvgIpc) is 2.30. The Morgan fingerprint density at radius 2 is 2.12 bits per heavy atom. The van der Waals surface area contributed by atoms with Crippen LogP contribution in [-0.2, 0) is 6.42 Å². The van der Waals surface area contributed by atoms with Crippen molar-refractivity contribution in [2.45, 2.75) is 32.7 Å². The maximum Gasteiger partial charge on any atom is 0.0443 e. The molecule has 0 aliphatic heterocycles. The summed E-state index contributed by atoms with van der Waals surface area (Å²) in [5.41, 5.74) is 1.14. The minimum atomic E-state index is 0.271. The highest BCUT2D eigenvalue weighted by molar-refractivity contribution is 5.03. The molecule has 90 valence electrons. The van der Waals surface area contributed by atoms with Gasteiger partial charge in [-0.15, -0.1) is 0 Å². The Kier molecular flexibility index (Phi) is 6.04. The highest BCUT2D eigenvalue weighted by atomic mass is 16.3. The predicted octanol–water partition coefficient (Wildman–Crippen LogP) is 1.72. The highest BCUT2D eigenvalue weighted by Crippen LogP contribution is 2.03. The molecule has 0 aliphatic carbocycles. The summed E-state index contributed by atoms with van der Waals surface area (Å²) in [4.78, 5) is 6.69. The van der Waals surface area contributed by atoms with Crippen molar-refractivity contribution in [2.24, 2.45) is 0 Å². The van der Waals surface area contributed by atoms with E-state index in [-0.39, 0.29) is 6.61 Å². The van der Waals surface area contributed by atoms with Gasteiger partial charge in [-0.25, -0.2) is 0 Å². The van der Waals surface area contributed by atoms with E-state index in [0.717, 1.165) is 31.6 Å². The van der Waals surface area contributed by atoms with Crippen molar-refractivity contribution in [1.82, 2.24) is 9.88 Å². The van der Waals surface area contributed by atoms with Gasteiger partial charge < -0.3 is 10.0 Å². The molecule has 1 aromatic rings. The molecule has 0 atom stereocenters. The van der Waals surface area contributed by atoms with Crippen LogP contribution in [0.5, 0.6) is 0 Å². The second-order valence-corrected chi connectivity index (χ2v) is 4.28. The number of nitrogens with zero attached hydrogens (tertiary/aromatic N) is 2. The molecule has 3 nitrogen and oxygen atoms in total. The Morgan fingerprint density at radius 3 is 2.69 bits per heavy atom. The minimum Gasteiger partial charge on any atom is -0.396 e. The van der Waals surface area contributed by atoms with Crippen LogP contribution in [-0.4, -0.2) is 40.7 Å². The third kappa shape index (κ3) is 4.73. The summed E-state index contributed by atoms with van der Waals surface area (Å²) in [7, 11) is 0. The zero-order valence-corrected chi connectivity index (χ0v) is 10.3. The second kappa shape index (κ2) is 7.36. The van der Waals surface area contributed by atoms with Gasteiger partial charge in [0.2, 0.25) is 0 Å². The maximum atomic E-state index is 8.84. The van der Waals surface area contributed by atoms with Gasteiger partial charge in [0, 0.05) is 44.0 Å². The predicted molar refractivity (Wildman–Crippen MR) is 66.4 cm³/mol. The molecule has 1 N–H and O–H groups in total. The zero-order chi connectivity index (χ0) is 11.8. The first kappa shape index (κ1) is 13.1. The summed E-state index contributed by atoms with van der Waals surface area (Å²) in [5, 5.41) is 8.84. The Balaban J connectivity index is 2.38. The molecular weight excluding hydrogens is 200 g/mol. The topological polar surface area (TPSA) is 36.4 Å². The number of hydrogen-bond acceptors (Lipinski definition) is 3. The molecule has 0 aliphatic rings. The number of rotatable bonds is 7. The van der Waals surface area contributed by atoms with E-state index in [0.29, 0.717) is 6.04 Å². The number of aliphatic hydroxyl groups is 1. The lowest BCUT2D eigenvalue weighted by Gasteiger charge is -2.25. The van der Waals surface area contributed by atoms with E-state index in [1.54, 1.807) is 0 Å². The smallest absolute Gasteiger partial charge is 0.0443 e. The van der Waals surface area contributed by atoms with Crippen molar-refractivity contribution in [3.63, 3.8) is 0 Å². The molecule has 0 amide bonds. The molecule has 0 fully saturated rings. The number of hydrogen-bond donors (Lipinski definition) is 1. The van der Waals surface area contributed by atoms with Crippen LogP contribution in [0.1, 0.15) is 26.0 Å². The molecule has 0 bridgehead atoms. The van der Waals surface area contributed by atoms with Gasteiger partial charge in [0.25, 0.3) is 0 Å². The van der Waals surface area contributed by atoms with E-state index < -0.39 is 0 Å². The van der Waals surface area contributed by atoms with Crippen molar-refractivity contribution >= 4 is 0 Å². The Bertz CT molecular complexity index is 275. The van der Waals surface area contributed by atoms with Crippen molar-refractivity contribution in [3.8, 4) is 0 Å². The Hall–Kier alpha value is -0.930. The standard InChI is InChI=1S/C13H22N2O/c1-12(2)15(9-5-11-16)10-7-13-6-3-4-8-14-13/h3-4,6,8,12,16H,5,7,9-11H2,1-2H3. The van der Waals surface area contributed by atoms with Gasteiger partial charge in [0.15, 0.2) is 0 Å². The van der Waals surface area contributed by atoms with Crippen LogP contribution in [0, 0.1) is 0 Å². The summed E-state index contributed by atoms with van der Waals surface area (Å²) >= 11 is 0. The van der Waals surface area contributed by atoms with Crippen LogP contribution in [0.3, 0.4) is 0 Å². The fraction of sp³-hybridized carbons (Fsp3) is 0.615.